The van der Waals surface area contributed by atoms with Crippen molar-refractivity contribution >= 4 is 11.4 Å². The topological polar surface area (TPSA) is 72.4 Å². The van der Waals surface area contributed by atoms with Gasteiger partial charge in [-0.2, -0.15) is 0 Å². The maximum absolute atomic E-state index is 10.8. The zero-order valence-electron chi connectivity index (χ0n) is 11.6. The minimum atomic E-state index is -0.373. The van der Waals surface area contributed by atoms with Crippen LogP contribution in [0.25, 0.3) is 0 Å². The van der Waals surface area contributed by atoms with E-state index < -0.39 is 0 Å². The Bertz CT molecular complexity index is 476. The van der Waals surface area contributed by atoms with Crippen LogP contribution in [0.1, 0.15) is 32.3 Å². The van der Waals surface area contributed by atoms with Gasteiger partial charge in [0.25, 0.3) is 5.69 Å². The molecule has 2 rings (SSSR count). The summed E-state index contributed by atoms with van der Waals surface area (Å²) < 4.78 is 0. The SMILES string of the molecule is CC1(C)CCN(Cc2cc([N+](=O)[O-])ccc2N)CC1. The van der Waals surface area contributed by atoms with E-state index in [-0.39, 0.29) is 10.6 Å². The van der Waals surface area contributed by atoms with Crippen molar-refractivity contribution in [3.05, 3.63) is 33.9 Å². The second kappa shape index (κ2) is 5.17. The van der Waals surface area contributed by atoms with Crippen LogP contribution in [0.15, 0.2) is 18.2 Å². The molecule has 5 nitrogen and oxygen atoms in total. The average Bonchev–Trinajstić information content (AvgIpc) is 2.34. The van der Waals surface area contributed by atoms with E-state index in [0.717, 1.165) is 31.5 Å². The molecule has 104 valence electrons. The Morgan fingerprint density at radius 1 is 1.37 bits per heavy atom. The monoisotopic (exact) mass is 263 g/mol. The first kappa shape index (κ1) is 13.8. The molecule has 0 atom stereocenters. The van der Waals surface area contributed by atoms with E-state index in [9.17, 15) is 10.1 Å². The number of likely N-dealkylation sites (tertiary alicyclic amines) is 1. The maximum Gasteiger partial charge on any atom is 0.269 e. The van der Waals surface area contributed by atoms with Crippen LogP contribution < -0.4 is 5.73 Å². The molecule has 0 aliphatic carbocycles. The third-order valence-corrected chi connectivity index (χ3v) is 3.94. The van der Waals surface area contributed by atoms with Gasteiger partial charge in [-0.25, -0.2) is 0 Å². The first-order valence-electron chi connectivity index (χ1n) is 6.62. The molecule has 0 bridgehead atoms. The van der Waals surface area contributed by atoms with E-state index >= 15 is 0 Å². The highest BCUT2D eigenvalue weighted by Crippen LogP contribution is 2.31. The summed E-state index contributed by atoms with van der Waals surface area (Å²) in [4.78, 5) is 12.7. The second-order valence-corrected chi connectivity index (χ2v) is 6.08. The number of anilines is 1. The fourth-order valence-corrected chi connectivity index (χ4v) is 2.40. The van der Waals surface area contributed by atoms with Crippen molar-refractivity contribution in [1.29, 1.82) is 0 Å². The zero-order valence-corrected chi connectivity index (χ0v) is 11.6. The van der Waals surface area contributed by atoms with Gasteiger partial charge in [-0.15, -0.1) is 0 Å². The highest BCUT2D eigenvalue weighted by molar-refractivity contribution is 5.52. The summed E-state index contributed by atoms with van der Waals surface area (Å²) in [7, 11) is 0. The lowest BCUT2D eigenvalue weighted by Gasteiger charge is -2.37. The summed E-state index contributed by atoms with van der Waals surface area (Å²) in [6, 6.07) is 4.68. The Hall–Kier alpha value is -1.62. The number of rotatable bonds is 3. The summed E-state index contributed by atoms with van der Waals surface area (Å²) in [5.41, 5.74) is 7.92. The quantitative estimate of drug-likeness (QED) is 0.517. The Morgan fingerprint density at radius 3 is 2.58 bits per heavy atom. The molecule has 0 saturated carbocycles. The number of hydrogen-bond acceptors (Lipinski definition) is 4. The number of nitro benzene ring substituents is 1. The molecule has 2 N–H and O–H groups in total. The maximum atomic E-state index is 10.8. The van der Waals surface area contributed by atoms with Crippen molar-refractivity contribution in [1.82, 2.24) is 4.90 Å². The van der Waals surface area contributed by atoms with Crippen LogP contribution >= 0.6 is 0 Å². The van der Waals surface area contributed by atoms with Crippen LogP contribution in [-0.2, 0) is 6.54 Å². The van der Waals surface area contributed by atoms with Crippen molar-refractivity contribution in [2.24, 2.45) is 5.41 Å². The van der Waals surface area contributed by atoms with Gasteiger partial charge in [0.15, 0.2) is 0 Å². The van der Waals surface area contributed by atoms with Crippen LogP contribution in [0.3, 0.4) is 0 Å². The van der Waals surface area contributed by atoms with Crippen LogP contribution in [0.2, 0.25) is 0 Å². The van der Waals surface area contributed by atoms with Gasteiger partial charge in [0, 0.05) is 24.4 Å². The number of nitrogens with zero attached hydrogens (tertiary/aromatic N) is 2. The highest BCUT2D eigenvalue weighted by Gasteiger charge is 2.25. The lowest BCUT2D eigenvalue weighted by atomic mass is 9.82. The normalized spacial score (nSPS) is 19.3. The fraction of sp³-hybridized carbons (Fsp3) is 0.571. The number of piperidine rings is 1. The lowest BCUT2D eigenvalue weighted by molar-refractivity contribution is -0.384. The number of non-ortho nitro benzene ring substituents is 1. The molecule has 0 aromatic heterocycles. The average molecular weight is 263 g/mol. The molecule has 1 aliphatic heterocycles. The smallest absolute Gasteiger partial charge is 0.269 e. The zero-order chi connectivity index (χ0) is 14.0. The van der Waals surface area contributed by atoms with Gasteiger partial charge in [-0.1, -0.05) is 13.8 Å². The molecule has 0 amide bonds. The standard InChI is InChI=1S/C14H21N3O2/c1-14(2)5-7-16(8-6-14)10-11-9-12(17(18)19)3-4-13(11)15/h3-4,9H,5-8,10,15H2,1-2H3. The van der Waals surface area contributed by atoms with Crippen molar-refractivity contribution in [3.8, 4) is 0 Å². The minimum Gasteiger partial charge on any atom is -0.398 e. The van der Waals surface area contributed by atoms with Crippen molar-refractivity contribution in [2.45, 2.75) is 33.2 Å². The summed E-state index contributed by atoms with van der Waals surface area (Å²) >= 11 is 0. The third-order valence-electron chi connectivity index (χ3n) is 3.94. The Kier molecular flexibility index (Phi) is 3.75. The van der Waals surface area contributed by atoms with E-state index in [1.54, 1.807) is 12.1 Å². The molecule has 1 aromatic rings. The summed E-state index contributed by atoms with van der Waals surface area (Å²) in [5.74, 6) is 0. The molecule has 0 spiro atoms. The van der Waals surface area contributed by atoms with Crippen molar-refractivity contribution in [3.63, 3.8) is 0 Å². The van der Waals surface area contributed by atoms with Crippen LogP contribution in [-0.4, -0.2) is 22.9 Å². The van der Waals surface area contributed by atoms with Crippen molar-refractivity contribution < 1.29 is 4.92 Å². The molecule has 1 aromatic carbocycles. The molecular formula is C14H21N3O2. The molecule has 19 heavy (non-hydrogen) atoms. The summed E-state index contributed by atoms with van der Waals surface area (Å²) in [6.07, 6.45) is 2.31. The van der Waals surface area contributed by atoms with Crippen LogP contribution in [0, 0.1) is 15.5 Å². The van der Waals surface area contributed by atoms with Gasteiger partial charge in [-0.05, 0) is 43.0 Å². The first-order valence-corrected chi connectivity index (χ1v) is 6.62. The van der Waals surface area contributed by atoms with Gasteiger partial charge in [0.05, 0.1) is 4.92 Å². The Labute approximate surface area is 113 Å². The number of hydrogen-bond donors (Lipinski definition) is 1. The predicted molar refractivity (Wildman–Crippen MR) is 75.8 cm³/mol. The third kappa shape index (κ3) is 3.44. The molecule has 1 fully saturated rings. The van der Waals surface area contributed by atoms with E-state index in [2.05, 4.69) is 18.7 Å². The molecule has 1 aliphatic rings. The van der Waals surface area contributed by atoms with Crippen molar-refractivity contribution in [2.75, 3.05) is 18.8 Å². The number of nitro groups is 1. The van der Waals surface area contributed by atoms with Gasteiger partial charge in [-0.3, -0.25) is 15.0 Å². The van der Waals surface area contributed by atoms with Gasteiger partial charge in [0.1, 0.15) is 0 Å². The Balaban J connectivity index is 2.07. The lowest BCUT2D eigenvalue weighted by Crippen LogP contribution is -2.36. The molecule has 1 saturated heterocycles. The largest absolute Gasteiger partial charge is 0.398 e. The number of nitrogens with two attached hydrogens (primary N) is 1. The summed E-state index contributed by atoms with van der Waals surface area (Å²) in [5, 5.41) is 10.8. The van der Waals surface area contributed by atoms with Gasteiger partial charge < -0.3 is 5.73 Å². The second-order valence-electron chi connectivity index (χ2n) is 6.08. The highest BCUT2D eigenvalue weighted by atomic mass is 16.6. The Morgan fingerprint density at radius 2 is 2.00 bits per heavy atom. The van der Waals surface area contributed by atoms with Gasteiger partial charge in [0.2, 0.25) is 0 Å². The van der Waals surface area contributed by atoms with E-state index in [1.165, 1.54) is 6.07 Å². The van der Waals surface area contributed by atoms with E-state index in [4.69, 9.17) is 5.73 Å². The fourth-order valence-electron chi connectivity index (χ4n) is 2.40. The number of benzene rings is 1. The minimum absolute atomic E-state index is 0.113. The molecule has 1 heterocycles. The predicted octanol–water partition coefficient (Wildman–Crippen LogP) is 2.80. The van der Waals surface area contributed by atoms with Crippen LogP contribution in [0.4, 0.5) is 11.4 Å². The molecule has 5 heteroatoms. The summed E-state index contributed by atoms with van der Waals surface area (Å²) in [6.45, 7) is 7.31. The number of nitrogen functional groups attached to an aromatic ring is 1. The van der Waals surface area contributed by atoms with E-state index in [1.807, 2.05) is 0 Å². The van der Waals surface area contributed by atoms with Gasteiger partial charge >= 0.3 is 0 Å². The molecule has 0 radical (unpaired) electrons. The first-order chi connectivity index (χ1) is 8.87. The van der Waals surface area contributed by atoms with Crippen LogP contribution in [0.5, 0.6) is 0 Å². The van der Waals surface area contributed by atoms with E-state index in [0.29, 0.717) is 17.6 Å². The molecular weight excluding hydrogens is 242 g/mol. The molecule has 0 unspecified atom stereocenters.